The van der Waals surface area contributed by atoms with Gasteiger partial charge in [0.1, 0.15) is 18.4 Å². The van der Waals surface area contributed by atoms with Gasteiger partial charge in [0, 0.05) is 30.7 Å². The number of amides is 3. The predicted octanol–water partition coefficient (Wildman–Crippen LogP) is -1.37. The van der Waals surface area contributed by atoms with E-state index in [1.54, 1.807) is 41.6 Å². The zero-order valence-corrected chi connectivity index (χ0v) is 18.9. The molecule has 11 heteroatoms. The number of hydrogen-bond donors (Lipinski definition) is 4. The number of primary amides is 1. The Morgan fingerprint density at radius 2 is 2.00 bits per heavy atom. The van der Waals surface area contributed by atoms with Crippen molar-refractivity contribution in [3.8, 4) is 5.75 Å². The molecule has 2 fully saturated rings. The van der Waals surface area contributed by atoms with Crippen molar-refractivity contribution in [3.63, 3.8) is 0 Å². The average molecular weight is 467 g/mol. The van der Waals surface area contributed by atoms with Crippen molar-refractivity contribution in [3.05, 3.63) is 48.0 Å². The molecule has 1 saturated carbocycles. The number of aromatic nitrogens is 2. The molecule has 1 aromatic carbocycles. The molecule has 3 atom stereocenters. The molecule has 178 valence electrons. The summed E-state index contributed by atoms with van der Waals surface area (Å²) >= 11 is 0. The summed E-state index contributed by atoms with van der Waals surface area (Å²) in [7, 11) is 0. The Bertz CT molecular complexity index is 1110. The Morgan fingerprint density at radius 1 is 1.24 bits per heavy atom. The van der Waals surface area contributed by atoms with Crippen LogP contribution in [-0.2, 0) is 21.0 Å². The van der Waals surface area contributed by atoms with Crippen LogP contribution in [-0.4, -0.2) is 63.5 Å². The van der Waals surface area contributed by atoms with E-state index in [0.29, 0.717) is 41.7 Å². The fraction of sp³-hybridized carbons (Fsp3) is 0.391. The fourth-order valence-corrected chi connectivity index (χ4v) is 4.28. The maximum atomic E-state index is 13.0. The van der Waals surface area contributed by atoms with Crippen molar-refractivity contribution in [2.75, 3.05) is 18.4 Å². The monoisotopic (exact) mass is 466 g/mol. The molecule has 1 aliphatic carbocycles. The molecule has 0 bridgehead atoms. The second kappa shape index (κ2) is 9.86. The molecule has 6 N–H and O–H groups in total. The molecule has 11 nitrogen and oxygen atoms in total. The Hall–Kier alpha value is -4.02. The standard InChI is InChI=1S/C23H27N7O4/c1-2-26-23(33)18-9-13-8-17(13)30(18)20(31)11-29-16-5-4-14(10-15(16)21(24)22(25)32)34-12-19-27-6-3-7-28-19/h3-7,10,13,17-18,24,29H,2,8-9,11-12H2,1H3,(H2,25,32)(H,26,33)/p+1/t13-,17-,18+/m1/s1. The third-order valence-corrected chi connectivity index (χ3v) is 6.01. The summed E-state index contributed by atoms with van der Waals surface area (Å²) in [4.78, 5) is 47.1. The first-order chi connectivity index (χ1) is 16.4. The molecule has 1 aromatic heterocycles. The summed E-state index contributed by atoms with van der Waals surface area (Å²) in [5, 5.41) is 11.8. The number of hydrogen-bond acceptors (Lipinski definition) is 7. The maximum Gasteiger partial charge on any atom is 0.313 e. The number of nitrogens with two attached hydrogens (primary N) is 2. The van der Waals surface area contributed by atoms with E-state index < -0.39 is 11.9 Å². The van der Waals surface area contributed by atoms with E-state index in [9.17, 15) is 14.4 Å². The first-order valence-electron chi connectivity index (χ1n) is 11.2. The molecular formula is C23H28N7O4+. The molecule has 2 aliphatic rings. The topological polar surface area (TPSA) is 165 Å². The first kappa shape index (κ1) is 23.1. The molecule has 3 amide bonds. The number of fused-ring (bicyclic) bond motifs is 1. The van der Waals surface area contributed by atoms with Crippen molar-refractivity contribution in [2.24, 2.45) is 11.7 Å². The van der Waals surface area contributed by atoms with Crippen molar-refractivity contribution in [2.45, 2.75) is 38.5 Å². The quantitative estimate of drug-likeness (QED) is 0.314. The molecule has 4 rings (SSSR count). The minimum atomic E-state index is -0.797. The highest BCUT2D eigenvalue weighted by Crippen LogP contribution is 2.47. The van der Waals surface area contributed by atoms with Crippen LogP contribution < -0.4 is 26.5 Å². The highest BCUT2D eigenvalue weighted by molar-refractivity contribution is 6.43. The van der Waals surface area contributed by atoms with Gasteiger partial charge in [-0.05, 0) is 49.9 Å². The van der Waals surface area contributed by atoms with Crippen molar-refractivity contribution < 1.29 is 24.5 Å². The Balaban J connectivity index is 1.46. The van der Waals surface area contributed by atoms with E-state index in [2.05, 4.69) is 20.6 Å². The van der Waals surface area contributed by atoms with Crippen LogP contribution in [0.15, 0.2) is 36.7 Å². The summed E-state index contributed by atoms with van der Waals surface area (Å²) in [6.45, 7) is 2.43. The highest BCUT2D eigenvalue weighted by Gasteiger charge is 2.55. The van der Waals surface area contributed by atoms with Crippen molar-refractivity contribution in [1.82, 2.24) is 20.2 Å². The lowest BCUT2D eigenvalue weighted by Crippen LogP contribution is -2.50. The molecule has 0 radical (unpaired) electrons. The number of rotatable bonds is 10. The number of nitrogens with one attached hydrogen (secondary N) is 2. The van der Waals surface area contributed by atoms with Gasteiger partial charge in [-0.25, -0.2) is 15.4 Å². The largest absolute Gasteiger partial charge is 0.486 e. The SMILES string of the molecule is CCNC(=O)[C@@H]1C[C@H]2C[C@H]2N1C(=O)CNc1ccc(OCc2ncccn2)cc1C(=[NH2+])C(N)=O. The van der Waals surface area contributed by atoms with Crippen LogP contribution in [0.3, 0.4) is 0 Å². The third-order valence-electron chi connectivity index (χ3n) is 6.01. The molecule has 34 heavy (non-hydrogen) atoms. The maximum absolute atomic E-state index is 13.0. The van der Waals surface area contributed by atoms with Gasteiger partial charge in [0.15, 0.2) is 5.82 Å². The number of benzene rings is 1. The number of likely N-dealkylation sites (tertiary alicyclic amines) is 1. The van der Waals surface area contributed by atoms with Crippen LogP contribution in [0.25, 0.3) is 0 Å². The van der Waals surface area contributed by atoms with Gasteiger partial charge in [0.25, 0.3) is 5.71 Å². The van der Waals surface area contributed by atoms with Gasteiger partial charge in [-0.3, -0.25) is 14.4 Å². The van der Waals surface area contributed by atoms with E-state index in [0.717, 1.165) is 6.42 Å². The number of anilines is 1. The normalized spacial score (nSPS) is 20.3. The van der Waals surface area contributed by atoms with E-state index in [1.807, 2.05) is 6.92 Å². The van der Waals surface area contributed by atoms with Crippen LogP contribution in [0.2, 0.25) is 0 Å². The summed E-state index contributed by atoms with van der Waals surface area (Å²) in [5.41, 5.74) is 6.01. The van der Waals surface area contributed by atoms with Crippen molar-refractivity contribution in [1.29, 1.82) is 0 Å². The number of likely N-dealkylation sites (N-methyl/N-ethyl adjacent to an activating group) is 1. The number of nitrogens with zero attached hydrogens (tertiary/aromatic N) is 3. The second-order valence-electron chi connectivity index (χ2n) is 8.30. The third kappa shape index (κ3) is 4.98. The lowest BCUT2D eigenvalue weighted by atomic mass is 10.1. The van der Waals surface area contributed by atoms with Crippen molar-refractivity contribution >= 4 is 29.1 Å². The molecule has 2 aromatic rings. The van der Waals surface area contributed by atoms with Gasteiger partial charge in [-0.15, -0.1) is 0 Å². The number of carbonyl (C=O) groups is 3. The smallest absolute Gasteiger partial charge is 0.313 e. The molecule has 1 aliphatic heterocycles. The summed E-state index contributed by atoms with van der Waals surface area (Å²) in [5.74, 6) is 0.200. The Kier molecular flexibility index (Phi) is 6.71. The zero-order chi connectivity index (χ0) is 24.2. The zero-order valence-electron chi connectivity index (χ0n) is 18.9. The van der Waals surface area contributed by atoms with E-state index >= 15 is 0 Å². The number of ether oxygens (including phenoxy) is 1. The van der Waals surface area contributed by atoms with E-state index in [4.69, 9.17) is 15.9 Å². The van der Waals surface area contributed by atoms with Gasteiger partial charge in [-0.1, -0.05) is 0 Å². The van der Waals surface area contributed by atoms with Crippen LogP contribution in [0.5, 0.6) is 5.75 Å². The summed E-state index contributed by atoms with van der Waals surface area (Å²) in [6, 6.07) is 6.27. The minimum Gasteiger partial charge on any atom is -0.486 e. The summed E-state index contributed by atoms with van der Waals surface area (Å²) in [6.07, 6.45) is 4.83. The lowest BCUT2D eigenvalue weighted by Gasteiger charge is -2.27. The summed E-state index contributed by atoms with van der Waals surface area (Å²) < 4.78 is 5.71. The molecule has 0 unspecified atom stereocenters. The second-order valence-corrected chi connectivity index (χ2v) is 8.30. The lowest BCUT2D eigenvalue weighted by molar-refractivity contribution is -0.138. The first-order valence-corrected chi connectivity index (χ1v) is 11.2. The molecule has 2 heterocycles. The van der Waals surface area contributed by atoms with E-state index in [-0.39, 0.29) is 36.7 Å². The highest BCUT2D eigenvalue weighted by atomic mass is 16.5. The molecular weight excluding hydrogens is 438 g/mol. The number of carbonyl (C=O) groups excluding carboxylic acids is 3. The van der Waals surface area contributed by atoms with E-state index in [1.165, 1.54) is 0 Å². The predicted molar refractivity (Wildman–Crippen MR) is 122 cm³/mol. The van der Waals surface area contributed by atoms with Crippen LogP contribution in [0.4, 0.5) is 5.69 Å². The van der Waals surface area contributed by atoms with Gasteiger partial charge >= 0.3 is 5.91 Å². The number of piperidine rings is 1. The minimum absolute atomic E-state index is 0.0593. The van der Waals surface area contributed by atoms with Crippen LogP contribution in [0, 0.1) is 5.92 Å². The van der Waals surface area contributed by atoms with Gasteiger partial charge in [0.2, 0.25) is 11.8 Å². The average Bonchev–Trinajstić information content (AvgIpc) is 3.50. The Labute approximate surface area is 196 Å². The van der Waals surface area contributed by atoms with Gasteiger partial charge < -0.3 is 26.0 Å². The van der Waals surface area contributed by atoms with Gasteiger partial charge in [-0.2, -0.15) is 0 Å². The van der Waals surface area contributed by atoms with Crippen LogP contribution >= 0.6 is 0 Å². The molecule has 1 saturated heterocycles. The van der Waals surface area contributed by atoms with Crippen LogP contribution in [0.1, 0.15) is 31.2 Å². The Morgan fingerprint density at radius 3 is 2.71 bits per heavy atom. The van der Waals surface area contributed by atoms with Gasteiger partial charge in [0.05, 0.1) is 12.1 Å². The fourth-order valence-electron chi connectivity index (χ4n) is 4.28. The molecule has 0 spiro atoms.